The molecule has 0 aromatic heterocycles. The molecule has 0 fully saturated rings. The first kappa shape index (κ1) is 13.1. The second-order valence-corrected chi connectivity index (χ2v) is 4.14. The van der Waals surface area contributed by atoms with Crippen LogP contribution in [-0.2, 0) is 10.3 Å². The Kier molecular flexibility index (Phi) is 3.82. The van der Waals surface area contributed by atoms with E-state index in [1.807, 2.05) is 36.4 Å². The fraction of sp³-hybridized carbons (Fsp3) is 0.133. The Balaban J connectivity index is 2.58. The van der Waals surface area contributed by atoms with Gasteiger partial charge in [0.15, 0.2) is 5.60 Å². The Morgan fingerprint density at radius 1 is 1.00 bits per heavy atom. The van der Waals surface area contributed by atoms with Crippen molar-refractivity contribution in [3.05, 3.63) is 71.8 Å². The largest absolute Gasteiger partial charge is 0.431 e. The number of nitrogens with two attached hydrogens (primary N) is 1. The van der Waals surface area contributed by atoms with Gasteiger partial charge >= 0.3 is 6.09 Å². The van der Waals surface area contributed by atoms with E-state index in [1.54, 1.807) is 24.3 Å². The fourth-order valence-electron chi connectivity index (χ4n) is 2.09. The van der Waals surface area contributed by atoms with Crippen LogP contribution >= 0.6 is 0 Å². The molecule has 1 amide bonds. The van der Waals surface area contributed by atoms with E-state index < -0.39 is 11.7 Å². The minimum atomic E-state index is -1.27. The quantitative estimate of drug-likeness (QED) is 0.880. The van der Waals surface area contributed by atoms with E-state index in [0.29, 0.717) is 11.1 Å². The molecule has 2 aromatic rings. The summed E-state index contributed by atoms with van der Waals surface area (Å²) in [6, 6.07) is 18.1. The zero-order valence-corrected chi connectivity index (χ0v) is 10.3. The van der Waals surface area contributed by atoms with E-state index >= 15 is 0 Å². The SMILES string of the molecule is NC(=O)OC(CO)(c1ccccc1)c1ccccc1. The molecule has 19 heavy (non-hydrogen) atoms. The van der Waals surface area contributed by atoms with Crippen LogP contribution in [0.2, 0.25) is 0 Å². The second-order valence-electron chi connectivity index (χ2n) is 4.14. The lowest BCUT2D eigenvalue weighted by molar-refractivity contribution is -0.00000146. The molecule has 0 heterocycles. The minimum absolute atomic E-state index is 0.385. The third-order valence-corrected chi connectivity index (χ3v) is 2.98. The summed E-state index contributed by atoms with van der Waals surface area (Å²) in [5.74, 6) is 0. The molecule has 0 radical (unpaired) electrons. The highest BCUT2D eigenvalue weighted by atomic mass is 16.6. The van der Waals surface area contributed by atoms with Crippen LogP contribution in [-0.4, -0.2) is 17.8 Å². The van der Waals surface area contributed by atoms with Crippen LogP contribution in [0.1, 0.15) is 11.1 Å². The van der Waals surface area contributed by atoms with Crippen LogP contribution in [0.15, 0.2) is 60.7 Å². The Labute approximate surface area is 111 Å². The second kappa shape index (κ2) is 5.54. The molecule has 0 unspecified atom stereocenters. The molecule has 0 atom stereocenters. The minimum Gasteiger partial charge on any atom is -0.431 e. The lowest BCUT2D eigenvalue weighted by atomic mass is 9.87. The summed E-state index contributed by atoms with van der Waals surface area (Å²) in [6.45, 7) is -0.385. The van der Waals surface area contributed by atoms with Crippen molar-refractivity contribution in [2.24, 2.45) is 5.73 Å². The molecular weight excluding hydrogens is 242 g/mol. The highest BCUT2D eigenvalue weighted by Crippen LogP contribution is 2.33. The number of rotatable bonds is 4. The molecular formula is C15H15NO3. The number of carbonyl (C=O) groups excluding carboxylic acids is 1. The first-order valence-electron chi connectivity index (χ1n) is 5.89. The van der Waals surface area contributed by atoms with Crippen molar-refractivity contribution in [3.8, 4) is 0 Å². The molecule has 0 bridgehead atoms. The molecule has 4 heteroatoms. The van der Waals surface area contributed by atoms with Crippen molar-refractivity contribution in [3.63, 3.8) is 0 Å². The predicted octanol–water partition coefficient (Wildman–Crippen LogP) is 2.02. The molecule has 2 rings (SSSR count). The fourth-order valence-corrected chi connectivity index (χ4v) is 2.09. The van der Waals surface area contributed by atoms with E-state index in [0.717, 1.165) is 0 Å². The predicted molar refractivity (Wildman–Crippen MR) is 71.4 cm³/mol. The van der Waals surface area contributed by atoms with Gasteiger partial charge in [0.05, 0.1) is 6.61 Å². The maximum Gasteiger partial charge on any atom is 0.405 e. The molecule has 0 spiro atoms. The van der Waals surface area contributed by atoms with Gasteiger partial charge in [-0.05, 0) is 0 Å². The van der Waals surface area contributed by atoms with Crippen molar-refractivity contribution in [2.75, 3.05) is 6.61 Å². The smallest absolute Gasteiger partial charge is 0.405 e. The van der Waals surface area contributed by atoms with E-state index in [1.165, 1.54) is 0 Å². The summed E-state index contributed by atoms with van der Waals surface area (Å²) in [4.78, 5) is 11.2. The molecule has 0 aliphatic rings. The van der Waals surface area contributed by atoms with Crippen molar-refractivity contribution in [1.82, 2.24) is 0 Å². The highest BCUT2D eigenvalue weighted by molar-refractivity contribution is 5.66. The number of carbonyl (C=O) groups is 1. The summed E-state index contributed by atoms with van der Waals surface area (Å²) in [5, 5.41) is 9.80. The number of hydrogen-bond acceptors (Lipinski definition) is 3. The maximum atomic E-state index is 11.2. The van der Waals surface area contributed by atoms with Crippen molar-refractivity contribution in [2.45, 2.75) is 5.60 Å². The van der Waals surface area contributed by atoms with Crippen LogP contribution in [0, 0.1) is 0 Å². The Morgan fingerprint density at radius 2 is 1.42 bits per heavy atom. The Bertz CT molecular complexity index is 500. The molecule has 98 valence electrons. The van der Waals surface area contributed by atoms with Gasteiger partial charge in [-0.3, -0.25) is 0 Å². The van der Waals surface area contributed by atoms with E-state index in [9.17, 15) is 9.90 Å². The highest BCUT2D eigenvalue weighted by Gasteiger charge is 2.37. The summed E-state index contributed by atoms with van der Waals surface area (Å²) in [7, 11) is 0. The number of primary amides is 1. The van der Waals surface area contributed by atoms with Gasteiger partial charge in [-0.1, -0.05) is 60.7 Å². The number of hydrogen-bond donors (Lipinski definition) is 2. The van der Waals surface area contributed by atoms with E-state index in [2.05, 4.69) is 0 Å². The van der Waals surface area contributed by atoms with Crippen molar-refractivity contribution < 1.29 is 14.6 Å². The molecule has 3 N–H and O–H groups in total. The third-order valence-electron chi connectivity index (χ3n) is 2.98. The number of amides is 1. The normalized spacial score (nSPS) is 11.0. The maximum absolute atomic E-state index is 11.2. The number of benzene rings is 2. The topological polar surface area (TPSA) is 72.6 Å². The average molecular weight is 257 g/mol. The van der Waals surface area contributed by atoms with Crippen LogP contribution in [0.3, 0.4) is 0 Å². The van der Waals surface area contributed by atoms with Gasteiger partial charge in [-0.25, -0.2) is 4.79 Å². The van der Waals surface area contributed by atoms with Crippen LogP contribution in [0.5, 0.6) is 0 Å². The van der Waals surface area contributed by atoms with Gasteiger partial charge in [0.1, 0.15) is 0 Å². The van der Waals surface area contributed by atoms with E-state index in [-0.39, 0.29) is 6.61 Å². The first-order valence-corrected chi connectivity index (χ1v) is 5.89. The molecule has 4 nitrogen and oxygen atoms in total. The zero-order chi connectivity index (χ0) is 13.7. The van der Waals surface area contributed by atoms with Gasteiger partial charge in [-0.15, -0.1) is 0 Å². The van der Waals surface area contributed by atoms with Crippen LogP contribution in [0.25, 0.3) is 0 Å². The molecule has 0 aliphatic heterocycles. The summed E-state index contributed by atoms with van der Waals surface area (Å²) in [6.07, 6.45) is -0.929. The van der Waals surface area contributed by atoms with Gasteiger partial charge < -0.3 is 15.6 Å². The summed E-state index contributed by atoms with van der Waals surface area (Å²) in [5.41, 5.74) is 5.23. The van der Waals surface area contributed by atoms with Crippen molar-refractivity contribution in [1.29, 1.82) is 0 Å². The number of aliphatic hydroxyl groups is 1. The molecule has 0 saturated heterocycles. The van der Waals surface area contributed by atoms with Crippen LogP contribution < -0.4 is 5.73 Å². The summed E-state index contributed by atoms with van der Waals surface area (Å²) >= 11 is 0. The standard InChI is InChI=1S/C15H15NO3/c16-14(18)19-15(11-17,12-7-3-1-4-8-12)13-9-5-2-6-10-13/h1-10,17H,11H2,(H2,16,18). The first-order chi connectivity index (χ1) is 9.19. The third kappa shape index (κ3) is 2.58. The van der Waals surface area contributed by atoms with Crippen LogP contribution in [0.4, 0.5) is 4.79 Å². The molecule has 0 saturated carbocycles. The number of aliphatic hydroxyl groups excluding tert-OH is 1. The van der Waals surface area contributed by atoms with Gasteiger partial charge in [0.2, 0.25) is 0 Å². The monoisotopic (exact) mass is 257 g/mol. The number of ether oxygens (including phenoxy) is 1. The Morgan fingerprint density at radius 3 is 1.74 bits per heavy atom. The lowest BCUT2D eigenvalue weighted by Crippen LogP contribution is -2.39. The zero-order valence-electron chi connectivity index (χ0n) is 10.3. The lowest BCUT2D eigenvalue weighted by Gasteiger charge is -2.31. The molecule has 2 aromatic carbocycles. The molecule has 0 aliphatic carbocycles. The van der Waals surface area contributed by atoms with Gasteiger partial charge in [0, 0.05) is 11.1 Å². The van der Waals surface area contributed by atoms with Crippen molar-refractivity contribution >= 4 is 6.09 Å². The Hall–Kier alpha value is -2.33. The summed E-state index contributed by atoms with van der Waals surface area (Å²) < 4.78 is 5.25. The van der Waals surface area contributed by atoms with Gasteiger partial charge in [0.25, 0.3) is 0 Å². The van der Waals surface area contributed by atoms with Gasteiger partial charge in [-0.2, -0.15) is 0 Å². The van der Waals surface area contributed by atoms with E-state index in [4.69, 9.17) is 10.5 Å². The average Bonchev–Trinajstić information content (AvgIpc) is 2.46.